The monoisotopic (exact) mass is 375 g/mol. The van der Waals surface area contributed by atoms with Gasteiger partial charge in [0.2, 0.25) is 0 Å². The standard InChI is InChI=1S/C22H17NOS2/c1-2-15-10-12-16(13-11-15)14-20-21(24)23(22(25)26-20)19-9-5-7-17-6-3-4-8-18(17)19/h3-14H,2H2,1H3/b20-14+. The first-order chi connectivity index (χ1) is 12.7. The highest BCUT2D eigenvalue weighted by Crippen LogP contribution is 2.38. The third-order valence-corrected chi connectivity index (χ3v) is 5.79. The highest BCUT2D eigenvalue weighted by atomic mass is 32.2. The van der Waals surface area contributed by atoms with E-state index in [2.05, 4.69) is 19.1 Å². The first-order valence-corrected chi connectivity index (χ1v) is 9.74. The quantitative estimate of drug-likeness (QED) is 0.426. The summed E-state index contributed by atoms with van der Waals surface area (Å²) in [6, 6.07) is 22.3. The third kappa shape index (κ3) is 3.06. The molecule has 0 spiro atoms. The van der Waals surface area contributed by atoms with Gasteiger partial charge in [-0.15, -0.1) is 0 Å². The van der Waals surface area contributed by atoms with E-state index in [0.717, 1.165) is 28.4 Å². The van der Waals surface area contributed by atoms with E-state index in [0.29, 0.717) is 9.23 Å². The maximum atomic E-state index is 13.0. The van der Waals surface area contributed by atoms with Gasteiger partial charge < -0.3 is 0 Å². The van der Waals surface area contributed by atoms with Gasteiger partial charge >= 0.3 is 0 Å². The molecule has 0 unspecified atom stereocenters. The van der Waals surface area contributed by atoms with Crippen molar-refractivity contribution in [2.24, 2.45) is 0 Å². The topological polar surface area (TPSA) is 20.3 Å². The number of hydrogen-bond acceptors (Lipinski definition) is 3. The minimum Gasteiger partial charge on any atom is -0.268 e. The van der Waals surface area contributed by atoms with Crippen LogP contribution in [0.5, 0.6) is 0 Å². The molecule has 0 saturated carbocycles. The number of anilines is 1. The van der Waals surface area contributed by atoms with Crippen LogP contribution in [0, 0.1) is 0 Å². The molecule has 0 bridgehead atoms. The number of thioether (sulfide) groups is 1. The molecule has 128 valence electrons. The smallest absolute Gasteiger partial charge is 0.268 e. The number of rotatable bonds is 3. The minimum absolute atomic E-state index is 0.0593. The molecule has 0 N–H and O–H groups in total. The zero-order valence-electron chi connectivity index (χ0n) is 14.3. The predicted molar refractivity (Wildman–Crippen MR) is 115 cm³/mol. The number of carbonyl (C=O) groups excluding carboxylic acids is 1. The molecule has 1 fully saturated rings. The number of carbonyl (C=O) groups is 1. The SMILES string of the molecule is CCc1ccc(/C=C2/SC(=S)N(c3cccc4ccccc34)C2=O)cc1. The van der Waals surface area contributed by atoms with Crippen LogP contribution in [-0.2, 0) is 11.2 Å². The zero-order valence-corrected chi connectivity index (χ0v) is 15.9. The molecule has 0 aromatic heterocycles. The Morgan fingerprint density at radius 3 is 2.50 bits per heavy atom. The third-order valence-electron chi connectivity index (χ3n) is 4.49. The highest BCUT2D eigenvalue weighted by Gasteiger charge is 2.34. The fourth-order valence-corrected chi connectivity index (χ4v) is 4.36. The number of hydrogen-bond donors (Lipinski definition) is 0. The van der Waals surface area contributed by atoms with Crippen molar-refractivity contribution in [3.8, 4) is 0 Å². The van der Waals surface area contributed by atoms with Gasteiger partial charge in [-0.2, -0.15) is 0 Å². The lowest BCUT2D eigenvalue weighted by molar-refractivity contribution is -0.113. The molecule has 2 nitrogen and oxygen atoms in total. The molecule has 26 heavy (non-hydrogen) atoms. The van der Waals surface area contributed by atoms with Gasteiger partial charge in [-0.25, -0.2) is 0 Å². The number of fused-ring (bicyclic) bond motifs is 1. The van der Waals surface area contributed by atoms with E-state index in [4.69, 9.17) is 12.2 Å². The summed E-state index contributed by atoms with van der Waals surface area (Å²) in [6.45, 7) is 2.13. The maximum Gasteiger partial charge on any atom is 0.270 e. The largest absolute Gasteiger partial charge is 0.270 e. The van der Waals surface area contributed by atoms with Crippen molar-refractivity contribution in [3.05, 3.63) is 82.8 Å². The van der Waals surface area contributed by atoms with Crippen LogP contribution in [0.2, 0.25) is 0 Å². The summed E-state index contributed by atoms with van der Waals surface area (Å²) in [5.74, 6) is -0.0593. The predicted octanol–water partition coefficient (Wildman–Crippen LogP) is 5.81. The van der Waals surface area contributed by atoms with E-state index in [1.165, 1.54) is 17.3 Å². The second-order valence-corrected chi connectivity index (χ2v) is 7.79. The van der Waals surface area contributed by atoms with E-state index >= 15 is 0 Å². The molecule has 0 aliphatic carbocycles. The van der Waals surface area contributed by atoms with Crippen LogP contribution in [-0.4, -0.2) is 10.2 Å². The van der Waals surface area contributed by atoms with Crippen LogP contribution < -0.4 is 4.90 Å². The lowest BCUT2D eigenvalue weighted by Crippen LogP contribution is -2.27. The van der Waals surface area contributed by atoms with Gasteiger partial charge in [0.1, 0.15) is 0 Å². The average Bonchev–Trinajstić information content (AvgIpc) is 2.95. The molecular formula is C22H17NOS2. The number of thiocarbonyl (C=S) groups is 1. The minimum atomic E-state index is -0.0593. The molecule has 1 saturated heterocycles. The lowest BCUT2D eigenvalue weighted by atomic mass is 10.1. The van der Waals surface area contributed by atoms with Crippen LogP contribution in [0.3, 0.4) is 0 Å². The number of nitrogens with zero attached hydrogens (tertiary/aromatic N) is 1. The van der Waals surface area contributed by atoms with Gasteiger partial charge in [0.15, 0.2) is 4.32 Å². The van der Waals surface area contributed by atoms with Crippen molar-refractivity contribution in [1.29, 1.82) is 0 Å². The van der Waals surface area contributed by atoms with Crippen LogP contribution >= 0.6 is 24.0 Å². The van der Waals surface area contributed by atoms with E-state index in [-0.39, 0.29) is 5.91 Å². The fraction of sp³-hybridized carbons (Fsp3) is 0.0909. The molecule has 1 heterocycles. The first-order valence-electron chi connectivity index (χ1n) is 8.52. The van der Waals surface area contributed by atoms with Crippen LogP contribution in [0.1, 0.15) is 18.1 Å². The summed E-state index contributed by atoms with van der Waals surface area (Å²) < 4.78 is 0.572. The summed E-state index contributed by atoms with van der Waals surface area (Å²) in [5.41, 5.74) is 3.14. The van der Waals surface area contributed by atoms with Crippen molar-refractivity contribution in [3.63, 3.8) is 0 Å². The molecule has 0 atom stereocenters. The van der Waals surface area contributed by atoms with Crippen molar-refractivity contribution < 1.29 is 4.79 Å². The Morgan fingerprint density at radius 1 is 1.00 bits per heavy atom. The van der Waals surface area contributed by atoms with E-state index in [1.54, 1.807) is 4.90 Å². The Morgan fingerprint density at radius 2 is 1.73 bits per heavy atom. The second-order valence-electron chi connectivity index (χ2n) is 6.11. The second kappa shape index (κ2) is 7.06. The lowest BCUT2D eigenvalue weighted by Gasteiger charge is -2.17. The molecule has 1 aliphatic rings. The van der Waals surface area contributed by atoms with E-state index < -0.39 is 0 Å². The average molecular weight is 376 g/mol. The molecular weight excluding hydrogens is 358 g/mol. The Labute approximate surface area is 162 Å². The zero-order chi connectivity index (χ0) is 18.1. The van der Waals surface area contributed by atoms with Gasteiger partial charge in [0.05, 0.1) is 10.6 Å². The normalized spacial score (nSPS) is 16.0. The molecule has 3 aromatic rings. The van der Waals surface area contributed by atoms with Gasteiger partial charge in [0.25, 0.3) is 5.91 Å². The highest BCUT2D eigenvalue weighted by molar-refractivity contribution is 8.27. The van der Waals surface area contributed by atoms with Gasteiger partial charge in [-0.3, -0.25) is 9.69 Å². The van der Waals surface area contributed by atoms with E-state index in [1.807, 2.05) is 60.7 Å². The van der Waals surface area contributed by atoms with Gasteiger partial charge in [0, 0.05) is 5.39 Å². The Kier molecular flexibility index (Phi) is 4.62. The number of benzene rings is 3. The summed E-state index contributed by atoms with van der Waals surface area (Å²) in [4.78, 5) is 15.3. The number of amides is 1. The Balaban J connectivity index is 1.72. The van der Waals surface area contributed by atoms with Crippen molar-refractivity contribution >= 4 is 56.7 Å². The maximum absolute atomic E-state index is 13.0. The molecule has 1 amide bonds. The first kappa shape index (κ1) is 17.0. The molecule has 0 radical (unpaired) electrons. The molecule has 3 aromatic carbocycles. The summed E-state index contributed by atoms with van der Waals surface area (Å²) in [5, 5.41) is 2.12. The summed E-state index contributed by atoms with van der Waals surface area (Å²) >= 11 is 6.88. The summed E-state index contributed by atoms with van der Waals surface area (Å²) in [7, 11) is 0. The van der Waals surface area contributed by atoms with Crippen LogP contribution in [0.15, 0.2) is 71.6 Å². The van der Waals surface area contributed by atoms with Crippen LogP contribution in [0.4, 0.5) is 5.69 Å². The van der Waals surface area contributed by atoms with Crippen molar-refractivity contribution in [2.45, 2.75) is 13.3 Å². The number of aryl methyl sites for hydroxylation is 1. The van der Waals surface area contributed by atoms with E-state index in [9.17, 15) is 4.79 Å². The Bertz CT molecular complexity index is 1030. The van der Waals surface area contributed by atoms with Crippen LogP contribution in [0.25, 0.3) is 16.8 Å². The molecule has 4 heteroatoms. The molecule has 1 aliphatic heterocycles. The van der Waals surface area contributed by atoms with Gasteiger partial charge in [-0.05, 0) is 35.1 Å². The van der Waals surface area contributed by atoms with Gasteiger partial charge in [-0.1, -0.05) is 91.6 Å². The summed E-state index contributed by atoms with van der Waals surface area (Å²) in [6.07, 6.45) is 2.92. The Hall–Kier alpha value is -2.43. The van der Waals surface area contributed by atoms with Crippen molar-refractivity contribution in [2.75, 3.05) is 4.90 Å². The fourth-order valence-electron chi connectivity index (χ4n) is 3.08. The molecule has 4 rings (SSSR count). The van der Waals surface area contributed by atoms with Crippen molar-refractivity contribution in [1.82, 2.24) is 0 Å².